The summed E-state index contributed by atoms with van der Waals surface area (Å²) < 4.78 is 23.6. The van der Waals surface area contributed by atoms with Gasteiger partial charge in [0.25, 0.3) is 0 Å². The van der Waals surface area contributed by atoms with Gasteiger partial charge in [0.15, 0.2) is 6.10 Å². The van der Waals surface area contributed by atoms with Crippen LogP contribution in [-0.2, 0) is 48.4 Å². The summed E-state index contributed by atoms with van der Waals surface area (Å²) in [5.74, 6) is -1.24. The Balaban J connectivity index is 1.61. The van der Waals surface area contributed by atoms with Gasteiger partial charge in [-0.15, -0.1) is 0 Å². The van der Waals surface area contributed by atoms with Gasteiger partial charge in [0.1, 0.15) is 24.4 Å². The van der Waals surface area contributed by atoms with Gasteiger partial charge >= 0.3 is 5.97 Å². The van der Waals surface area contributed by atoms with Crippen molar-refractivity contribution in [1.82, 2.24) is 0 Å². The van der Waals surface area contributed by atoms with E-state index in [2.05, 4.69) is 0 Å². The molecule has 188 valence electrons. The zero-order valence-corrected chi connectivity index (χ0v) is 20.1. The van der Waals surface area contributed by atoms with Gasteiger partial charge in [0, 0.05) is 6.92 Å². The molecule has 1 aliphatic carbocycles. The molecule has 36 heavy (non-hydrogen) atoms. The molecule has 0 unspecified atom stereocenters. The van der Waals surface area contributed by atoms with Gasteiger partial charge in [-0.05, 0) is 16.7 Å². The minimum atomic E-state index is -1.43. The van der Waals surface area contributed by atoms with Crippen LogP contribution in [0.5, 0.6) is 0 Å². The maximum absolute atomic E-state index is 13.4. The number of rotatable bonds is 10. The van der Waals surface area contributed by atoms with E-state index in [0.29, 0.717) is 0 Å². The van der Waals surface area contributed by atoms with Crippen molar-refractivity contribution >= 4 is 11.8 Å². The Morgan fingerprint density at radius 3 is 1.53 bits per heavy atom. The molecule has 0 bridgehead atoms. The molecule has 0 aromatic heterocycles. The molecule has 0 amide bonds. The fourth-order valence-corrected chi connectivity index (χ4v) is 4.18. The summed E-state index contributed by atoms with van der Waals surface area (Å²) >= 11 is 0. The summed E-state index contributed by atoms with van der Waals surface area (Å²) in [6, 6.07) is 28.4. The third-order valence-corrected chi connectivity index (χ3v) is 5.97. The van der Waals surface area contributed by atoms with Crippen molar-refractivity contribution in [3.8, 4) is 0 Å². The molecule has 0 radical (unpaired) electrons. The molecule has 1 aliphatic rings. The molecule has 3 aromatic carbocycles. The first-order valence-corrected chi connectivity index (χ1v) is 11.9. The molecule has 0 aliphatic heterocycles. The number of ketones is 1. The highest BCUT2D eigenvalue weighted by Gasteiger charge is 2.53. The van der Waals surface area contributed by atoms with Crippen LogP contribution in [0.3, 0.4) is 0 Å². The second-order valence-electron chi connectivity index (χ2n) is 8.66. The number of hydrogen-bond donors (Lipinski definition) is 1. The van der Waals surface area contributed by atoms with E-state index >= 15 is 0 Å². The van der Waals surface area contributed by atoms with Crippen LogP contribution in [0, 0.1) is 0 Å². The molecule has 1 N–H and O–H groups in total. The smallest absolute Gasteiger partial charge is 0.303 e. The summed E-state index contributed by atoms with van der Waals surface area (Å²) in [5, 5.41) is 11.1. The van der Waals surface area contributed by atoms with Crippen molar-refractivity contribution in [2.45, 2.75) is 57.3 Å². The Morgan fingerprint density at radius 1 is 0.667 bits per heavy atom. The molecule has 1 fully saturated rings. The number of benzene rings is 3. The predicted molar refractivity (Wildman–Crippen MR) is 132 cm³/mol. The normalized spacial score (nSPS) is 23.8. The summed E-state index contributed by atoms with van der Waals surface area (Å²) in [6.45, 7) is 1.68. The number of hydrogen-bond acceptors (Lipinski definition) is 7. The first kappa shape index (κ1) is 25.7. The van der Waals surface area contributed by atoms with Gasteiger partial charge in [-0.25, -0.2) is 0 Å². The van der Waals surface area contributed by atoms with Gasteiger partial charge in [-0.3, -0.25) is 9.59 Å². The lowest BCUT2D eigenvalue weighted by Gasteiger charge is -2.42. The number of aliphatic hydroxyl groups is 1. The van der Waals surface area contributed by atoms with Gasteiger partial charge in [-0.2, -0.15) is 0 Å². The fourth-order valence-electron chi connectivity index (χ4n) is 4.18. The van der Waals surface area contributed by atoms with E-state index in [4.69, 9.17) is 18.9 Å². The predicted octanol–water partition coefficient (Wildman–Crippen LogP) is 3.62. The van der Waals surface area contributed by atoms with E-state index in [1.165, 1.54) is 6.92 Å². The minimum absolute atomic E-state index is 0.136. The molecule has 0 heterocycles. The number of Topliss-reactive ketones (excluding diaryl/α,β-unsaturated/α-hetero) is 1. The van der Waals surface area contributed by atoms with Crippen LogP contribution >= 0.6 is 0 Å². The van der Waals surface area contributed by atoms with Crippen molar-refractivity contribution in [2.24, 2.45) is 0 Å². The quantitative estimate of drug-likeness (QED) is 0.434. The Hall–Kier alpha value is -3.36. The maximum atomic E-state index is 13.4. The van der Waals surface area contributed by atoms with Crippen molar-refractivity contribution in [3.05, 3.63) is 108 Å². The second-order valence-corrected chi connectivity index (χ2v) is 8.66. The van der Waals surface area contributed by atoms with E-state index < -0.39 is 42.3 Å². The first-order valence-electron chi connectivity index (χ1n) is 11.9. The van der Waals surface area contributed by atoms with Crippen LogP contribution in [0.25, 0.3) is 0 Å². The van der Waals surface area contributed by atoms with Crippen LogP contribution in [0.1, 0.15) is 23.6 Å². The number of carbonyl (C=O) groups excluding carboxylic acids is 2. The highest BCUT2D eigenvalue weighted by Crippen LogP contribution is 2.30. The second kappa shape index (κ2) is 12.6. The SMILES string of the molecule is CC(=O)O[C@@H]1C(=O)[C@@H](OCc2ccccc2)[C@H](OCc2ccccc2)[C@@H](OCc2ccccc2)[C@H]1O. The van der Waals surface area contributed by atoms with Crippen LogP contribution < -0.4 is 0 Å². The average Bonchev–Trinajstić information content (AvgIpc) is 2.90. The van der Waals surface area contributed by atoms with E-state index in [0.717, 1.165) is 16.7 Å². The molecular formula is C29H30O7. The van der Waals surface area contributed by atoms with E-state index in [-0.39, 0.29) is 19.8 Å². The molecule has 7 nitrogen and oxygen atoms in total. The fraction of sp³-hybridized carbons (Fsp3) is 0.310. The molecule has 0 spiro atoms. The largest absolute Gasteiger partial charge is 0.452 e. The van der Waals surface area contributed by atoms with E-state index in [1.54, 1.807) is 0 Å². The zero-order chi connectivity index (χ0) is 25.3. The maximum Gasteiger partial charge on any atom is 0.303 e. The monoisotopic (exact) mass is 490 g/mol. The average molecular weight is 491 g/mol. The van der Waals surface area contributed by atoms with Gasteiger partial charge < -0.3 is 24.1 Å². The summed E-state index contributed by atoms with van der Waals surface area (Å²) in [6.07, 6.45) is -5.91. The summed E-state index contributed by atoms with van der Waals surface area (Å²) in [5.41, 5.74) is 2.64. The Labute approximate surface area is 210 Å². The van der Waals surface area contributed by atoms with E-state index in [1.807, 2.05) is 91.0 Å². The van der Waals surface area contributed by atoms with Crippen molar-refractivity contribution in [3.63, 3.8) is 0 Å². The standard InChI is InChI=1S/C29H30O7/c1-20(30)36-26-24(31)27(33-17-21-11-5-2-6-12-21)29(35-19-23-15-9-4-10-16-23)28(25(26)32)34-18-22-13-7-3-8-14-22/h2-16,24,26-29,31H,17-19H2,1H3/t24-,26-,27-,28+,29+/m0/s1. The van der Waals surface area contributed by atoms with E-state index in [9.17, 15) is 14.7 Å². The van der Waals surface area contributed by atoms with Crippen molar-refractivity contribution < 1.29 is 33.6 Å². The first-order chi connectivity index (χ1) is 17.5. The molecule has 3 aromatic rings. The lowest BCUT2D eigenvalue weighted by atomic mass is 9.85. The minimum Gasteiger partial charge on any atom is -0.452 e. The van der Waals surface area contributed by atoms with Crippen LogP contribution in [0.4, 0.5) is 0 Å². The molecule has 4 rings (SSSR count). The lowest BCUT2D eigenvalue weighted by Crippen LogP contribution is -2.64. The number of esters is 1. The molecule has 0 saturated heterocycles. The third-order valence-electron chi connectivity index (χ3n) is 5.97. The Morgan fingerprint density at radius 2 is 1.08 bits per heavy atom. The topological polar surface area (TPSA) is 91.3 Å². The number of carbonyl (C=O) groups is 2. The van der Waals surface area contributed by atoms with Crippen LogP contribution in [-0.4, -0.2) is 47.4 Å². The third kappa shape index (κ3) is 6.65. The highest BCUT2D eigenvalue weighted by molar-refractivity contribution is 5.91. The van der Waals surface area contributed by atoms with Gasteiger partial charge in [0.05, 0.1) is 19.8 Å². The molecule has 7 heteroatoms. The van der Waals surface area contributed by atoms with Crippen LogP contribution in [0.2, 0.25) is 0 Å². The molecule has 1 saturated carbocycles. The Kier molecular flexibility index (Phi) is 8.97. The number of ether oxygens (including phenoxy) is 4. The molecular weight excluding hydrogens is 460 g/mol. The Bertz CT molecular complexity index is 1100. The van der Waals surface area contributed by atoms with Crippen molar-refractivity contribution in [2.75, 3.05) is 0 Å². The van der Waals surface area contributed by atoms with Crippen LogP contribution in [0.15, 0.2) is 91.0 Å². The zero-order valence-electron chi connectivity index (χ0n) is 20.1. The van der Waals surface area contributed by atoms with Crippen molar-refractivity contribution in [1.29, 1.82) is 0 Å². The van der Waals surface area contributed by atoms with Gasteiger partial charge in [-0.1, -0.05) is 91.0 Å². The highest BCUT2D eigenvalue weighted by atomic mass is 16.6. The molecule has 5 atom stereocenters. The summed E-state index contributed by atoms with van der Waals surface area (Å²) in [4.78, 5) is 25.2. The summed E-state index contributed by atoms with van der Waals surface area (Å²) in [7, 11) is 0. The number of aliphatic hydroxyl groups excluding tert-OH is 1. The van der Waals surface area contributed by atoms with Gasteiger partial charge in [0.2, 0.25) is 5.78 Å². The lowest BCUT2D eigenvalue weighted by molar-refractivity contribution is -0.225.